The van der Waals surface area contributed by atoms with Crippen LogP contribution in [0, 0.1) is 0 Å². The fraction of sp³-hybridized carbons (Fsp3) is 0.632. The summed E-state index contributed by atoms with van der Waals surface area (Å²) in [6.07, 6.45) is 2.28. The molecule has 25 heavy (non-hydrogen) atoms. The Hall–Kier alpha value is -1.40. The molecule has 1 fully saturated rings. The molecule has 1 saturated heterocycles. The van der Waals surface area contributed by atoms with Crippen molar-refractivity contribution in [3.8, 4) is 0 Å². The Morgan fingerprint density at radius 2 is 1.96 bits per heavy atom. The molecule has 1 aromatic rings. The van der Waals surface area contributed by atoms with Crippen LogP contribution in [0.5, 0.6) is 0 Å². The van der Waals surface area contributed by atoms with Crippen molar-refractivity contribution in [2.24, 2.45) is 4.99 Å². The third-order valence-corrected chi connectivity index (χ3v) is 5.93. The highest BCUT2D eigenvalue weighted by Gasteiger charge is 2.21. The zero-order valence-electron chi connectivity index (χ0n) is 15.7. The molecule has 1 aromatic carbocycles. The molecule has 1 heterocycles. The summed E-state index contributed by atoms with van der Waals surface area (Å²) < 4.78 is 12.2. The first-order valence-electron chi connectivity index (χ1n) is 9.18. The number of likely N-dealkylation sites (tertiary alicyclic amines) is 1. The van der Waals surface area contributed by atoms with Gasteiger partial charge in [0.1, 0.15) is 0 Å². The first kappa shape index (κ1) is 19.9. The van der Waals surface area contributed by atoms with E-state index in [1.165, 1.54) is 0 Å². The highest BCUT2D eigenvalue weighted by molar-refractivity contribution is 7.84. The topological polar surface area (TPSA) is 56.7 Å². The lowest BCUT2D eigenvalue weighted by Gasteiger charge is -2.35. The Kier molecular flexibility index (Phi) is 8.41. The van der Waals surface area contributed by atoms with Crippen molar-refractivity contribution in [1.82, 2.24) is 15.5 Å². The molecule has 0 aliphatic carbocycles. The van der Waals surface area contributed by atoms with Gasteiger partial charge in [-0.25, -0.2) is 0 Å². The number of aliphatic imine (C=N–C) groups is 1. The van der Waals surface area contributed by atoms with Gasteiger partial charge in [-0.3, -0.25) is 9.20 Å². The molecule has 0 saturated carbocycles. The van der Waals surface area contributed by atoms with Gasteiger partial charge in [0.05, 0.1) is 0 Å². The maximum absolute atomic E-state index is 12.2. The number of guanidine groups is 1. The van der Waals surface area contributed by atoms with E-state index in [9.17, 15) is 4.21 Å². The fourth-order valence-electron chi connectivity index (χ4n) is 3.06. The molecule has 1 unspecified atom stereocenters. The summed E-state index contributed by atoms with van der Waals surface area (Å²) in [5, 5.41) is 6.80. The molecule has 6 heteroatoms. The highest BCUT2D eigenvalue weighted by atomic mass is 32.2. The molecule has 0 amide bonds. The van der Waals surface area contributed by atoms with E-state index in [2.05, 4.69) is 34.4 Å². The van der Waals surface area contributed by atoms with Crippen LogP contribution in [0.1, 0.15) is 32.3 Å². The molecular weight excluding hydrogens is 332 g/mol. The average molecular weight is 365 g/mol. The van der Waals surface area contributed by atoms with E-state index in [1.54, 1.807) is 7.05 Å². The van der Waals surface area contributed by atoms with Gasteiger partial charge in [-0.1, -0.05) is 30.3 Å². The van der Waals surface area contributed by atoms with Crippen molar-refractivity contribution in [1.29, 1.82) is 0 Å². The minimum Gasteiger partial charge on any atom is -0.355 e. The summed E-state index contributed by atoms with van der Waals surface area (Å²) in [6.45, 7) is 7.44. The van der Waals surface area contributed by atoms with Crippen LogP contribution in [0.3, 0.4) is 0 Å². The Morgan fingerprint density at radius 1 is 1.28 bits per heavy atom. The molecule has 0 radical (unpaired) electrons. The van der Waals surface area contributed by atoms with Crippen molar-refractivity contribution < 1.29 is 4.21 Å². The zero-order chi connectivity index (χ0) is 18.1. The summed E-state index contributed by atoms with van der Waals surface area (Å²) >= 11 is 0. The van der Waals surface area contributed by atoms with Crippen LogP contribution in [-0.2, 0) is 16.6 Å². The molecule has 5 nitrogen and oxygen atoms in total. The van der Waals surface area contributed by atoms with Crippen LogP contribution in [0.15, 0.2) is 35.3 Å². The number of nitrogens with one attached hydrogen (secondary N) is 2. The van der Waals surface area contributed by atoms with Gasteiger partial charge in [0.25, 0.3) is 0 Å². The Labute approximate surface area is 154 Å². The summed E-state index contributed by atoms with van der Waals surface area (Å²) in [5.41, 5.74) is 1.13. The van der Waals surface area contributed by atoms with E-state index in [1.807, 2.05) is 30.3 Å². The van der Waals surface area contributed by atoms with Crippen LogP contribution < -0.4 is 10.6 Å². The predicted molar refractivity (Wildman–Crippen MR) is 107 cm³/mol. The van der Waals surface area contributed by atoms with Gasteiger partial charge in [0, 0.05) is 61.1 Å². The van der Waals surface area contributed by atoms with Crippen molar-refractivity contribution >= 4 is 16.8 Å². The molecule has 0 aromatic heterocycles. The summed E-state index contributed by atoms with van der Waals surface area (Å²) in [6, 6.07) is 11.1. The summed E-state index contributed by atoms with van der Waals surface area (Å²) in [5.74, 6) is 2.06. The van der Waals surface area contributed by atoms with Gasteiger partial charge < -0.3 is 15.5 Å². The van der Waals surface area contributed by atoms with Gasteiger partial charge in [-0.15, -0.1) is 0 Å². The predicted octanol–water partition coefficient (Wildman–Crippen LogP) is 1.97. The lowest BCUT2D eigenvalue weighted by atomic mass is 10.0. The SMILES string of the molecule is CN=C(NCCS(=O)Cc1ccccc1)NC1CCN(C(C)C)CC1. The van der Waals surface area contributed by atoms with E-state index in [0.29, 0.717) is 30.1 Å². The van der Waals surface area contributed by atoms with Crippen LogP contribution in [-0.4, -0.2) is 59.6 Å². The Morgan fingerprint density at radius 3 is 2.56 bits per heavy atom. The second-order valence-electron chi connectivity index (χ2n) is 6.82. The monoisotopic (exact) mass is 364 g/mol. The van der Waals surface area contributed by atoms with Gasteiger partial charge >= 0.3 is 0 Å². The van der Waals surface area contributed by atoms with Crippen molar-refractivity contribution in [2.75, 3.05) is 32.4 Å². The number of nitrogens with zero attached hydrogens (tertiary/aromatic N) is 2. The highest BCUT2D eigenvalue weighted by Crippen LogP contribution is 2.12. The van der Waals surface area contributed by atoms with E-state index in [0.717, 1.165) is 37.5 Å². The standard InChI is InChI=1S/C19H32N4OS/c1-16(2)23-12-9-18(10-13-23)22-19(20-3)21-11-14-25(24)15-17-7-5-4-6-8-17/h4-8,16,18H,9-15H2,1-3H3,(H2,20,21,22). The molecule has 1 atom stereocenters. The minimum absolute atomic E-state index is 0.469. The van der Waals surface area contributed by atoms with Gasteiger partial charge in [-0.05, 0) is 32.3 Å². The minimum atomic E-state index is -0.858. The lowest BCUT2D eigenvalue weighted by Crippen LogP contribution is -2.50. The first-order chi connectivity index (χ1) is 12.1. The zero-order valence-corrected chi connectivity index (χ0v) is 16.5. The molecule has 1 aliphatic rings. The normalized spacial score (nSPS) is 18.3. The third kappa shape index (κ3) is 7.16. The third-order valence-electron chi connectivity index (χ3n) is 4.62. The summed E-state index contributed by atoms with van der Waals surface area (Å²) in [7, 11) is 0.933. The molecule has 1 aliphatic heterocycles. The van der Waals surface area contributed by atoms with Crippen LogP contribution in [0.4, 0.5) is 0 Å². The first-order valence-corrected chi connectivity index (χ1v) is 10.7. The van der Waals surface area contributed by atoms with Gasteiger partial charge in [-0.2, -0.15) is 0 Å². The molecule has 2 N–H and O–H groups in total. The molecule has 0 bridgehead atoms. The van der Waals surface area contributed by atoms with Gasteiger partial charge in [0.15, 0.2) is 5.96 Å². The van der Waals surface area contributed by atoms with Crippen LogP contribution >= 0.6 is 0 Å². The van der Waals surface area contributed by atoms with E-state index in [4.69, 9.17) is 0 Å². The second kappa shape index (κ2) is 10.6. The van der Waals surface area contributed by atoms with E-state index < -0.39 is 10.8 Å². The lowest BCUT2D eigenvalue weighted by molar-refractivity contribution is 0.167. The van der Waals surface area contributed by atoms with Crippen molar-refractivity contribution in [3.63, 3.8) is 0 Å². The van der Waals surface area contributed by atoms with E-state index >= 15 is 0 Å². The maximum Gasteiger partial charge on any atom is 0.191 e. The smallest absolute Gasteiger partial charge is 0.191 e. The number of benzene rings is 1. The molecule has 140 valence electrons. The Balaban J connectivity index is 1.66. The largest absolute Gasteiger partial charge is 0.355 e. The molecular formula is C19H32N4OS. The number of hydrogen-bond acceptors (Lipinski definition) is 3. The average Bonchev–Trinajstić information content (AvgIpc) is 2.62. The quantitative estimate of drug-likeness (QED) is 0.574. The van der Waals surface area contributed by atoms with Crippen molar-refractivity contribution in [2.45, 2.75) is 44.5 Å². The van der Waals surface area contributed by atoms with Crippen LogP contribution in [0.2, 0.25) is 0 Å². The fourth-order valence-corrected chi connectivity index (χ4v) is 4.10. The molecule has 2 rings (SSSR count). The Bertz CT molecular complexity index is 554. The van der Waals surface area contributed by atoms with Crippen LogP contribution in [0.25, 0.3) is 0 Å². The van der Waals surface area contributed by atoms with E-state index in [-0.39, 0.29) is 0 Å². The number of piperidine rings is 1. The van der Waals surface area contributed by atoms with Gasteiger partial charge in [0.2, 0.25) is 0 Å². The number of rotatable bonds is 7. The second-order valence-corrected chi connectivity index (χ2v) is 8.40. The van der Waals surface area contributed by atoms with Crippen molar-refractivity contribution in [3.05, 3.63) is 35.9 Å². The molecule has 0 spiro atoms. The summed E-state index contributed by atoms with van der Waals surface area (Å²) in [4.78, 5) is 6.81. The maximum atomic E-state index is 12.2. The number of hydrogen-bond donors (Lipinski definition) is 2.